The van der Waals surface area contributed by atoms with Crippen LogP contribution in [0.15, 0.2) is 59.0 Å². The number of carbonyl (C=O) groups is 2. The second-order valence-electron chi connectivity index (χ2n) is 12.1. The van der Waals surface area contributed by atoms with Crippen molar-refractivity contribution in [2.45, 2.75) is 61.8 Å². The predicted molar refractivity (Wildman–Crippen MR) is 148 cm³/mol. The zero-order valence-electron chi connectivity index (χ0n) is 22.3. The molecular weight excluding hydrogens is 540 g/mol. The van der Waals surface area contributed by atoms with Gasteiger partial charge in [0.1, 0.15) is 6.01 Å². The summed E-state index contributed by atoms with van der Waals surface area (Å²) in [7, 11) is 0. The number of ketones is 1. The van der Waals surface area contributed by atoms with Gasteiger partial charge in [0.2, 0.25) is 5.12 Å². The van der Waals surface area contributed by atoms with E-state index in [0.29, 0.717) is 44.1 Å². The highest BCUT2D eigenvalue weighted by atomic mass is 32.2. The van der Waals surface area contributed by atoms with E-state index in [4.69, 9.17) is 4.84 Å². The van der Waals surface area contributed by atoms with Crippen molar-refractivity contribution in [2.24, 2.45) is 28.6 Å². The summed E-state index contributed by atoms with van der Waals surface area (Å²) in [6.07, 6.45) is 4.89. The summed E-state index contributed by atoms with van der Waals surface area (Å²) in [5.41, 5.74) is -4.51. The fraction of sp³-hybridized carbons (Fsp3) is 0.600. The molecule has 210 valence electrons. The number of thioether (sulfide) groups is 2. The van der Waals surface area contributed by atoms with E-state index in [1.165, 1.54) is 12.2 Å². The molecule has 39 heavy (non-hydrogen) atoms. The van der Waals surface area contributed by atoms with Crippen molar-refractivity contribution >= 4 is 34.4 Å². The molecule has 1 heterocycles. The van der Waals surface area contributed by atoms with Crippen LogP contribution in [0.25, 0.3) is 0 Å². The quantitative estimate of drug-likeness (QED) is 0.447. The highest BCUT2D eigenvalue weighted by molar-refractivity contribution is 8.13. The molecule has 1 saturated heterocycles. The van der Waals surface area contributed by atoms with Crippen LogP contribution >= 0.6 is 23.5 Å². The Kier molecular flexibility index (Phi) is 6.94. The van der Waals surface area contributed by atoms with Crippen molar-refractivity contribution in [3.8, 4) is 0 Å². The van der Waals surface area contributed by atoms with Crippen LogP contribution in [0.5, 0.6) is 0 Å². The van der Waals surface area contributed by atoms with Crippen molar-refractivity contribution in [1.29, 1.82) is 0 Å². The minimum absolute atomic E-state index is 0.0387. The average molecular weight is 576 g/mol. The molecular formula is C30H35F2NO4S2. The summed E-state index contributed by atoms with van der Waals surface area (Å²) in [5, 5.41) is 13.1. The number of aliphatic hydroxyl groups excluding tert-OH is 1. The largest absolute Gasteiger partial charge is 0.390 e. The van der Waals surface area contributed by atoms with Crippen LogP contribution < -0.4 is 0 Å². The first-order chi connectivity index (χ1) is 18.6. The number of hydrogen-bond acceptors (Lipinski definition) is 7. The number of allylic oxidation sites excluding steroid dienone is 4. The smallest absolute Gasteiger partial charge is 0.226 e. The van der Waals surface area contributed by atoms with Gasteiger partial charge in [0.15, 0.2) is 17.1 Å². The maximum absolute atomic E-state index is 17.5. The molecule has 5 nitrogen and oxygen atoms in total. The number of benzene rings is 1. The molecule has 6 rings (SSSR count). The molecule has 4 fully saturated rings. The Hall–Kier alpha value is -1.52. The first-order valence-corrected chi connectivity index (χ1v) is 15.7. The summed E-state index contributed by atoms with van der Waals surface area (Å²) < 4.78 is 31.0. The lowest BCUT2D eigenvalue weighted by atomic mass is 9.45. The topological polar surface area (TPSA) is 66.8 Å². The van der Waals surface area contributed by atoms with Gasteiger partial charge >= 0.3 is 0 Å². The number of alkyl halides is 2. The number of rotatable bonds is 6. The molecule has 4 aliphatic carbocycles. The second kappa shape index (κ2) is 9.79. The Morgan fingerprint density at radius 2 is 2.00 bits per heavy atom. The molecule has 1 aromatic carbocycles. The van der Waals surface area contributed by atoms with Gasteiger partial charge in [-0.15, -0.1) is 11.8 Å². The van der Waals surface area contributed by atoms with Crippen molar-refractivity contribution in [2.75, 3.05) is 24.8 Å². The Labute approximate surface area is 236 Å². The monoisotopic (exact) mass is 575 g/mol. The lowest BCUT2D eigenvalue weighted by molar-refractivity contribution is -0.260. The zero-order valence-corrected chi connectivity index (χ0v) is 23.9. The van der Waals surface area contributed by atoms with Gasteiger partial charge in [-0.2, -0.15) is 5.06 Å². The molecule has 0 unspecified atom stereocenters. The molecule has 0 radical (unpaired) electrons. The third-order valence-corrected chi connectivity index (χ3v) is 12.2. The van der Waals surface area contributed by atoms with E-state index in [0.717, 1.165) is 16.2 Å². The van der Waals surface area contributed by atoms with E-state index >= 15 is 4.39 Å². The lowest BCUT2D eigenvalue weighted by Gasteiger charge is -2.62. The SMILES string of the molecule is C[C@]12C=CC(=O)C=C1CC[C@H]1[C@@H]3C[C@H]4CN(CCSc5ccccc5)O[C@@]4(C(=O)SCF)[C@@]3(C)C[C@H](O)[C@@]12F. The molecule has 0 aromatic heterocycles. The Balaban J connectivity index is 1.30. The molecule has 0 amide bonds. The fourth-order valence-electron chi connectivity index (χ4n) is 8.74. The van der Waals surface area contributed by atoms with Gasteiger partial charge < -0.3 is 5.11 Å². The van der Waals surface area contributed by atoms with Crippen LogP contribution in [0.2, 0.25) is 0 Å². The van der Waals surface area contributed by atoms with Crippen LogP contribution in [0.4, 0.5) is 8.78 Å². The Morgan fingerprint density at radius 1 is 1.23 bits per heavy atom. The average Bonchev–Trinajstić information content (AvgIpc) is 3.39. The Bertz CT molecular complexity index is 1230. The molecule has 3 saturated carbocycles. The van der Waals surface area contributed by atoms with Gasteiger partial charge in [0.25, 0.3) is 0 Å². The normalized spacial score (nSPS) is 42.9. The van der Waals surface area contributed by atoms with Crippen LogP contribution in [0.3, 0.4) is 0 Å². The van der Waals surface area contributed by atoms with Gasteiger partial charge in [-0.05, 0) is 62.8 Å². The highest BCUT2D eigenvalue weighted by Crippen LogP contribution is 2.72. The number of halogens is 2. The van der Waals surface area contributed by atoms with E-state index < -0.39 is 40.1 Å². The first-order valence-electron chi connectivity index (χ1n) is 13.8. The summed E-state index contributed by atoms with van der Waals surface area (Å²) in [5.74, 6) is -0.340. The molecule has 5 aliphatic rings. The van der Waals surface area contributed by atoms with E-state index in [1.54, 1.807) is 24.8 Å². The van der Waals surface area contributed by atoms with E-state index in [-0.39, 0.29) is 29.2 Å². The minimum atomic E-state index is -1.97. The van der Waals surface area contributed by atoms with Crippen molar-refractivity contribution in [1.82, 2.24) is 5.06 Å². The summed E-state index contributed by atoms with van der Waals surface area (Å²) in [6.45, 7) is 4.85. The molecule has 8 atom stereocenters. The molecule has 1 aliphatic heterocycles. The van der Waals surface area contributed by atoms with Gasteiger partial charge in [-0.25, -0.2) is 8.78 Å². The van der Waals surface area contributed by atoms with Crippen LogP contribution in [-0.2, 0) is 14.4 Å². The number of hydroxylamine groups is 2. The Morgan fingerprint density at radius 3 is 2.74 bits per heavy atom. The third kappa shape index (κ3) is 3.83. The molecule has 1 N–H and O–H groups in total. The highest BCUT2D eigenvalue weighted by Gasteiger charge is 2.78. The van der Waals surface area contributed by atoms with Crippen molar-refractivity contribution < 1.29 is 28.3 Å². The second-order valence-corrected chi connectivity index (χ2v) is 14.2. The molecule has 1 aromatic rings. The van der Waals surface area contributed by atoms with E-state index in [2.05, 4.69) is 0 Å². The standard InChI is InChI=1S/C30H35F2NO4S2/c1-27-11-10-21(34)14-19(27)8-9-23-24-15-20-17-33(12-13-38-22-6-4-3-5-7-22)37-30(20,26(36)39-18-31)28(24,2)16-25(35)29(23,27)32/h3-7,10-11,14,20,23-25,35H,8-9,12-13,15-18H2,1-2H3/t20-,23-,24-,25-,27-,28-,29-,30-/m0/s1. The summed E-state index contributed by atoms with van der Waals surface area (Å²) >= 11 is 2.33. The van der Waals surface area contributed by atoms with Crippen LogP contribution in [0.1, 0.15) is 39.5 Å². The molecule has 9 heteroatoms. The number of hydrogen-bond donors (Lipinski definition) is 1. The number of carbonyl (C=O) groups excluding carboxylic acids is 2. The van der Waals surface area contributed by atoms with Crippen LogP contribution in [0, 0.1) is 28.6 Å². The van der Waals surface area contributed by atoms with E-state index in [9.17, 15) is 19.1 Å². The molecule has 0 bridgehead atoms. The number of nitrogens with zero attached hydrogens (tertiary/aromatic N) is 1. The van der Waals surface area contributed by atoms with Crippen molar-refractivity contribution in [3.63, 3.8) is 0 Å². The third-order valence-electron chi connectivity index (χ3n) is 10.5. The number of fused-ring (bicyclic) bond motifs is 7. The zero-order chi connectivity index (χ0) is 27.6. The fourth-order valence-corrected chi connectivity index (χ4v) is 10.4. The van der Waals surface area contributed by atoms with Gasteiger partial charge in [0.05, 0.1) is 6.10 Å². The molecule has 0 spiro atoms. The predicted octanol–water partition coefficient (Wildman–Crippen LogP) is 5.55. The lowest BCUT2D eigenvalue weighted by Crippen LogP contribution is -2.69. The minimum Gasteiger partial charge on any atom is -0.390 e. The van der Waals surface area contributed by atoms with E-state index in [1.807, 2.05) is 42.3 Å². The van der Waals surface area contributed by atoms with Crippen LogP contribution in [-0.4, -0.2) is 63.3 Å². The maximum atomic E-state index is 17.5. The van der Waals surface area contributed by atoms with Gasteiger partial charge in [-0.1, -0.05) is 48.5 Å². The number of aliphatic hydroxyl groups is 1. The maximum Gasteiger partial charge on any atom is 0.226 e. The first kappa shape index (κ1) is 27.6. The van der Waals surface area contributed by atoms with Crippen molar-refractivity contribution in [3.05, 3.63) is 54.1 Å². The summed E-state index contributed by atoms with van der Waals surface area (Å²) in [6, 6.07) is 9.20. The summed E-state index contributed by atoms with van der Waals surface area (Å²) in [4.78, 5) is 33.6. The van der Waals surface area contributed by atoms with Gasteiger partial charge in [0, 0.05) is 46.4 Å². The van der Waals surface area contributed by atoms with Gasteiger partial charge in [-0.3, -0.25) is 14.4 Å².